The molecule has 1 aliphatic rings. The minimum Gasteiger partial charge on any atom is -0.373 e. The van der Waals surface area contributed by atoms with E-state index in [1.807, 2.05) is 36.9 Å². The molecule has 1 aliphatic heterocycles. The maximum Gasteiger partial charge on any atom is 0.244 e. The van der Waals surface area contributed by atoms with Crippen LogP contribution in [0.2, 0.25) is 0 Å². The maximum absolute atomic E-state index is 12.4. The number of aryl methyl sites for hydroxylation is 1. The number of nitriles is 1. The van der Waals surface area contributed by atoms with E-state index in [0.717, 1.165) is 37.2 Å². The number of hydrogen-bond donors (Lipinski definition) is 1. The molecular weight excluding hydrogens is 250 g/mol. The van der Waals surface area contributed by atoms with E-state index in [1.165, 1.54) is 6.42 Å². The predicted molar refractivity (Wildman–Crippen MR) is 79.4 cm³/mol. The third-order valence-electron chi connectivity index (χ3n) is 3.79. The quantitative estimate of drug-likeness (QED) is 0.919. The van der Waals surface area contributed by atoms with Crippen molar-refractivity contribution in [3.63, 3.8) is 0 Å². The Labute approximate surface area is 120 Å². The van der Waals surface area contributed by atoms with Gasteiger partial charge in [-0.1, -0.05) is 12.1 Å². The normalized spacial score (nSPS) is 16.4. The first kappa shape index (κ1) is 14.4. The van der Waals surface area contributed by atoms with Crippen LogP contribution in [0.4, 0.5) is 5.69 Å². The van der Waals surface area contributed by atoms with E-state index in [9.17, 15) is 10.1 Å². The van der Waals surface area contributed by atoms with E-state index < -0.39 is 0 Å². The summed E-state index contributed by atoms with van der Waals surface area (Å²) in [4.78, 5) is 14.3. The molecule has 2 rings (SSSR count). The topological polar surface area (TPSA) is 56.1 Å². The molecule has 1 saturated heterocycles. The zero-order valence-corrected chi connectivity index (χ0v) is 12.1. The molecular formula is C16H21N3O. The van der Waals surface area contributed by atoms with Crippen molar-refractivity contribution < 1.29 is 4.79 Å². The SMILES string of the molecule is Cc1cccc(NC(C)C(=O)N2CCCCC2)c1C#N. The number of anilines is 1. The summed E-state index contributed by atoms with van der Waals surface area (Å²) in [7, 11) is 0. The van der Waals surface area contributed by atoms with Crippen LogP contribution in [-0.4, -0.2) is 29.9 Å². The number of nitrogens with one attached hydrogen (secondary N) is 1. The van der Waals surface area contributed by atoms with E-state index in [1.54, 1.807) is 0 Å². The van der Waals surface area contributed by atoms with E-state index in [2.05, 4.69) is 11.4 Å². The van der Waals surface area contributed by atoms with Crippen LogP contribution in [0.15, 0.2) is 18.2 Å². The highest BCUT2D eigenvalue weighted by atomic mass is 16.2. The Kier molecular flexibility index (Phi) is 4.62. The number of carbonyl (C=O) groups excluding carboxylic acids is 1. The first-order valence-electron chi connectivity index (χ1n) is 7.18. The highest BCUT2D eigenvalue weighted by Crippen LogP contribution is 2.20. The van der Waals surface area contributed by atoms with Gasteiger partial charge in [0.25, 0.3) is 0 Å². The molecule has 0 bridgehead atoms. The number of benzene rings is 1. The van der Waals surface area contributed by atoms with E-state index >= 15 is 0 Å². The third-order valence-corrected chi connectivity index (χ3v) is 3.79. The van der Waals surface area contributed by atoms with Crippen LogP contribution in [0.5, 0.6) is 0 Å². The fourth-order valence-electron chi connectivity index (χ4n) is 2.62. The molecule has 20 heavy (non-hydrogen) atoms. The molecule has 0 aliphatic carbocycles. The average molecular weight is 271 g/mol. The summed E-state index contributed by atoms with van der Waals surface area (Å²) in [5, 5.41) is 12.4. The summed E-state index contributed by atoms with van der Waals surface area (Å²) in [6, 6.07) is 7.55. The van der Waals surface area contributed by atoms with E-state index in [-0.39, 0.29) is 11.9 Å². The molecule has 1 atom stereocenters. The van der Waals surface area contributed by atoms with Gasteiger partial charge in [0.1, 0.15) is 12.1 Å². The minimum absolute atomic E-state index is 0.120. The molecule has 1 fully saturated rings. The van der Waals surface area contributed by atoms with Crippen LogP contribution in [0.1, 0.15) is 37.3 Å². The Balaban J connectivity index is 2.08. The Morgan fingerprint density at radius 1 is 1.35 bits per heavy atom. The number of amides is 1. The lowest BCUT2D eigenvalue weighted by molar-refractivity contribution is -0.132. The number of hydrogen-bond acceptors (Lipinski definition) is 3. The first-order valence-corrected chi connectivity index (χ1v) is 7.18. The van der Waals surface area contributed by atoms with Crippen molar-refractivity contribution in [2.45, 2.75) is 39.2 Å². The molecule has 0 spiro atoms. The minimum atomic E-state index is -0.304. The van der Waals surface area contributed by atoms with Gasteiger partial charge in [-0.15, -0.1) is 0 Å². The number of likely N-dealkylation sites (tertiary alicyclic amines) is 1. The van der Waals surface area contributed by atoms with E-state index in [0.29, 0.717) is 5.56 Å². The van der Waals surface area contributed by atoms with Crippen molar-refractivity contribution in [1.82, 2.24) is 4.90 Å². The smallest absolute Gasteiger partial charge is 0.244 e. The summed E-state index contributed by atoms with van der Waals surface area (Å²) in [5.41, 5.74) is 2.28. The fourth-order valence-corrected chi connectivity index (χ4v) is 2.62. The van der Waals surface area contributed by atoms with Crippen molar-refractivity contribution in [1.29, 1.82) is 5.26 Å². The van der Waals surface area contributed by atoms with Crippen molar-refractivity contribution >= 4 is 11.6 Å². The van der Waals surface area contributed by atoms with Gasteiger partial charge < -0.3 is 10.2 Å². The molecule has 1 heterocycles. The molecule has 106 valence electrons. The van der Waals surface area contributed by atoms with Gasteiger partial charge in [0.15, 0.2) is 0 Å². The van der Waals surface area contributed by atoms with Gasteiger partial charge in [-0.05, 0) is 44.7 Å². The molecule has 1 unspecified atom stereocenters. The summed E-state index contributed by atoms with van der Waals surface area (Å²) in [6.07, 6.45) is 3.39. The molecule has 1 aromatic rings. The zero-order chi connectivity index (χ0) is 14.5. The van der Waals surface area contributed by atoms with Crippen LogP contribution in [0.25, 0.3) is 0 Å². The molecule has 4 nitrogen and oxygen atoms in total. The van der Waals surface area contributed by atoms with Gasteiger partial charge >= 0.3 is 0 Å². The number of carbonyl (C=O) groups is 1. The van der Waals surface area contributed by atoms with Gasteiger partial charge in [-0.2, -0.15) is 5.26 Å². The van der Waals surface area contributed by atoms with Gasteiger partial charge in [0, 0.05) is 13.1 Å². The largest absolute Gasteiger partial charge is 0.373 e. The Morgan fingerprint density at radius 2 is 2.05 bits per heavy atom. The third kappa shape index (κ3) is 3.11. The molecule has 1 aromatic carbocycles. The molecule has 0 saturated carbocycles. The second-order valence-corrected chi connectivity index (χ2v) is 5.36. The van der Waals surface area contributed by atoms with Gasteiger partial charge in [0.2, 0.25) is 5.91 Å². The molecule has 4 heteroatoms. The van der Waals surface area contributed by atoms with Gasteiger partial charge in [-0.3, -0.25) is 4.79 Å². The summed E-state index contributed by atoms with van der Waals surface area (Å²) in [5.74, 6) is 0.120. The summed E-state index contributed by atoms with van der Waals surface area (Å²) < 4.78 is 0. The van der Waals surface area contributed by atoms with Crippen molar-refractivity contribution in [3.8, 4) is 6.07 Å². The lowest BCUT2D eigenvalue weighted by Crippen LogP contribution is -2.44. The number of rotatable bonds is 3. The van der Waals surface area contributed by atoms with Gasteiger partial charge in [0.05, 0.1) is 11.3 Å². The standard InChI is InChI=1S/C16H21N3O/c1-12-7-6-8-15(14(12)11-17)18-13(2)16(20)19-9-4-3-5-10-19/h6-8,13,18H,3-5,9-10H2,1-2H3. The fraction of sp³-hybridized carbons (Fsp3) is 0.500. The predicted octanol–water partition coefficient (Wildman–Crippen LogP) is 2.68. The van der Waals surface area contributed by atoms with Crippen LogP contribution >= 0.6 is 0 Å². The first-order chi connectivity index (χ1) is 9.63. The highest BCUT2D eigenvalue weighted by Gasteiger charge is 2.22. The summed E-state index contributed by atoms with van der Waals surface area (Å²) >= 11 is 0. The van der Waals surface area contributed by atoms with Crippen LogP contribution in [-0.2, 0) is 4.79 Å². The highest BCUT2D eigenvalue weighted by molar-refractivity contribution is 5.85. The molecule has 0 radical (unpaired) electrons. The van der Waals surface area contributed by atoms with Crippen molar-refractivity contribution in [2.24, 2.45) is 0 Å². The summed E-state index contributed by atoms with van der Waals surface area (Å²) in [6.45, 7) is 5.47. The number of nitrogens with zero attached hydrogens (tertiary/aromatic N) is 2. The van der Waals surface area contributed by atoms with Crippen molar-refractivity contribution in [2.75, 3.05) is 18.4 Å². The van der Waals surface area contributed by atoms with Crippen LogP contribution in [0.3, 0.4) is 0 Å². The molecule has 0 aromatic heterocycles. The zero-order valence-electron chi connectivity index (χ0n) is 12.1. The van der Waals surface area contributed by atoms with Gasteiger partial charge in [-0.25, -0.2) is 0 Å². The molecule has 1 amide bonds. The lowest BCUT2D eigenvalue weighted by atomic mass is 10.1. The van der Waals surface area contributed by atoms with Crippen LogP contribution < -0.4 is 5.32 Å². The monoisotopic (exact) mass is 271 g/mol. The molecule has 1 N–H and O–H groups in total. The average Bonchev–Trinajstić information content (AvgIpc) is 2.47. The lowest BCUT2D eigenvalue weighted by Gasteiger charge is -2.30. The van der Waals surface area contributed by atoms with Crippen molar-refractivity contribution in [3.05, 3.63) is 29.3 Å². The Morgan fingerprint density at radius 3 is 2.70 bits per heavy atom. The number of piperidine rings is 1. The second kappa shape index (κ2) is 6.42. The maximum atomic E-state index is 12.4. The Bertz CT molecular complexity index is 527. The van der Waals surface area contributed by atoms with E-state index in [4.69, 9.17) is 0 Å². The Hall–Kier alpha value is -2.02. The van der Waals surface area contributed by atoms with Crippen LogP contribution in [0, 0.1) is 18.3 Å². The second-order valence-electron chi connectivity index (χ2n) is 5.36.